The van der Waals surface area contributed by atoms with Crippen LogP contribution in [-0.4, -0.2) is 48.9 Å². The smallest absolute Gasteiger partial charge is 0.414 e. The molecule has 0 radical (unpaired) electrons. The Balaban J connectivity index is 0.000000785. The summed E-state index contributed by atoms with van der Waals surface area (Å²) in [5.74, 6) is 0.607. The van der Waals surface area contributed by atoms with Crippen LogP contribution in [0, 0.1) is 5.41 Å². The number of carboxylic acids is 1. The van der Waals surface area contributed by atoms with Gasteiger partial charge in [0.25, 0.3) is 5.97 Å². The molecule has 1 fully saturated rings. The van der Waals surface area contributed by atoms with E-state index in [2.05, 4.69) is 6.92 Å². The number of nitrogens with one attached hydrogen (secondary N) is 1. The zero-order chi connectivity index (χ0) is 22.8. The van der Waals surface area contributed by atoms with E-state index in [1.165, 1.54) is 4.90 Å². The number of nitrogens with two attached hydrogens (primary N) is 1. The topological polar surface area (TPSA) is 135 Å². The number of anilines is 1. The van der Waals surface area contributed by atoms with Crippen molar-refractivity contribution in [1.29, 1.82) is 5.41 Å². The maximum Gasteiger partial charge on any atom is 0.414 e. The van der Waals surface area contributed by atoms with Crippen molar-refractivity contribution in [2.24, 2.45) is 5.73 Å². The summed E-state index contributed by atoms with van der Waals surface area (Å²) in [7, 11) is 0. The second-order valence-corrected chi connectivity index (χ2v) is 6.73. The lowest BCUT2D eigenvalue weighted by Crippen LogP contribution is -2.27. The Morgan fingerprint density at radius 2 is 1.84 bits per heavy atom. The number of rotatable bonds is 8. The van der Waals surface area contributed by atoms with E-state index in [0.29, 0.717) is 30.2 Å². The molecule has 0 aliphatic carbocycles. The highest BCUT2D eigenvalue weighted by Gasteiger charge is 2.33. The fraction of sp³-hybridized carbons (Fsp3) is 0.318. The van der Waals surface area contributed by atoms with E-state index in [4.69, 9.17) is 35.3 Å². The van der Waals surface area contributed by atoms with Gasteiger partial charge in [0.05, 0.1) is 13.2 Å². The Hall–Kier alpha value is -3.75. The number of hydrogen-bond donors (Lipinski definition) is 3. The average molecular weight is 429 g/mol. The summed E-state index contributed by atoms with van der Waals surface area (Å²) in [6, 6.07) is 14.3. The van der Waals surface area contributed by atoms with Gasteiger partial charge in [0.2, 0.25) is 0 Å². The first-order valence-electron chi connectivity index (χ1n) is 9.78. The van der Waals surface area contributed by atoms with Gasteiger partial charge in [-0.1, -0.05) is 19.1 Å². The molecule has 166 valence electrons. The summed E-state index contributed by atoms with van der Waals surface area (Å²) in [5, 5.41) is 14.9. The van der Waals surface area contributed by atoms with E-state index in [-0.39, 0.29) is 18.5 Å². The third-order valence-corrected chi connectivity index (χ3v) is 4.08. The summed E-state index contributed by atoms with van der Waals surface area (Å²) in [6.45, 7) is 4.45. The van der Waals surface area contributed by atoms with Gasteiger partial charge in [0.1, 0.15) is 23.9 Å². The van der Waals surface area contributed by atoms with Crippen LogP contribution in [-0.2, 0) is 9.53 Å². The number of amidine groups is 1. The number of carboxylic acid groups (broad SMARTS) is 1. The lowest BCUT2D eigenvalue weighted by molar-refractivity contribution is -0.134. The van der Waals surface area contributed by atoms with Crippen LogP contribution in [0.3, 0.4) is 0 Å². The van der Waals surface area contributed by atoms with E-state index >= 15 is 0 Å². The molecule has 0 spiro atoms. The third kappa shape index (κ3) is 7.54. The van der Waals surface area contributed by atoms with Gasteiger partial charge in [-0.25, -0.2) is 4.79 Å². The van der Waals surface area contributed by atoms with Gasteiger partial charge >= 0.3 is 6.09 Å². The molecule has 9 nitrogen and oxygen atoms in total. The highest BCUT2D eigenvalue weighted by molar-refractivity contribution is 5.97. The molecular weight excluding hydrogens is 402 g/mol. The average Bonchev–Trinajstić information content (AvgIpc) is 3.11. The molecule has 2 aromatic rings. The highest BCUT2D eigenvalue weighted by Crippen LogP contribution is 2.24. The number of carbonyl (C=O) groups excluding carboxylic acids is 1. The van der Waals surface area contributed by atoms with Crippen molar-refractivity contribution in [2.75, 3.05) is 24.7 Å². The lowest BCUT2D eigenvalue weighted by atomic mass is 10.1. The molecule has 1 unspecified atom stereocenters. The number of cyclic esters (lactones) is 1. The molecule has 0 saturated carbocycles. The molecule has 1 heterocycles. The molecule has 3 rings (SSSR count). The Morgan fingerprint density at radius 1 is 1.23 bits per heavy atom. The van der Waals surface area contributed by atoms with Crippen LogP contribution in [0.1, 0.15) is 25.8 Å². The normalized spacial score (nSPS) is 14.8. The molecule has 2 aromatic carbocycles. The lowest BCUT2D eigenvalue weighted by Gasteiger charge is -2.14. The summed E-state index contributed by atoms with van der Waals surface area (Å²) in [4.78, 5) is 22.7. The second kappa shape index (κ2) is 11.4. The standard InChI is InChI=1S/C20H23N3O4.C2H4O2/c1-2-10-25-16-6-8-17(9-7-16)26-13-18-12-23(20(24)27-18)15-5-3-4-14(11-15)19(21)22;1-2(3)4/h3-9,11,18H,2,10,12-13H2,1H3,(H3,21,22);1H3,(H,3,4). The van der Waals surface area contributed by atoms with Crippen molar-refractivity contribution < 1.29 is 28.9 Å². The summed E-state index contributed by atoms with van der Waals surface area (Å²) >= 11 is 0. The van der Waals surface area contributed by atoms with Gasteiger partial charge in [0.15, 0.2) is 6.10 Å². The monoisotopic (exact) mass is 429 g/mol. The van der Waals surface area contributed by atoms with Crippen molar-refractivity contribution in [3.05, 3.63) is 54.1 Å². The maximum absolute atomic E-state index is 12.2. The number of ether oxygens (including phenoxy) is 3. The predicted octanol–water partition coefficient (Wildman–Crippen LogP) is 3.25. The SMILES string of the molecule is CC(=O)O.CCCOc1ccc(OCC2CN(c3cccc(C(=N)N)c3)C(=O)O2)cc1. The van der Waals surface area contributed by atoms with E-state index in [1.807, 2.05) is 24.3 Å². The first-order valence-corrected chi connectivity index (χ1v) is 9.78. The van der Waals surface area contributed by atoms with E-state index < -0.39 is 12.1 Å². The summed E-state index contributed by atoms with van der Waals surface area (Å²) in [6.07, 6.45) is 0.138. The quantitative estimate of drug-likeness (QED) is 0.433. The number of hydrogen-bond acceptors (Lipinski definition) is 6. The summed E-state index contributed by atoms with van der Waals surface area (Å²) in [5.41, 5.74) is 6.72. The number of nitrogens with zero attached hydrogens (tertiary/aromatic N) is 1. The Morgan fingerprint density at radius 3 is 2.42 bits per heavy atom. The minimum atomic E-state index is -0.833. The van der Waals surface area contributed by atoms with Crippen LogP contribution in [0.25, 0.3) is 0 Å². The van der Waals surface area contributed by atoms with Crippen LogP contribution in [0.5, 0.6) is 11.5 Å². The predicted molar refractivity (Wildman–Crippen MR) is 116 cm³/mol. The number of benzene rings is 2. The van der Waals surface area contributed by atoms with Crippen molar-refractivity contribution in [3.8, 4) is 11.5 Å². The largest absolute Gasteiger partial charge is 0.494 e. The van der Waals surface area contributed by atoms with Crippen LogP contribution in [0.4, 0.5) is 10.5 Å². The minimum absolute atomic E-state index is 0.0457. The molecule has 1 aliphatic heterocycles. The fourth-order valence-electron chi connectivity index (χ4n) is 2.70. The van der Waals surface area contributed by atoms with Crippen LogP contribution in [0.15, 0.2) is 48.5 Å². The highest BCUT2D eigenvalue weighted by atomic mass is 16.6. The molecule has 9 heteroatoms. The molecule has 1 aliphatic rings. The van der Waals surface area contributed by atoms with Gasteiger partial charge in [-0.05, 0) is 42.8 Å². The third-order valence-electron chi connectivity index (χ3n) is 4.08. The summed E-state index contributed by atoms with van der Waals surface area (Å²) < 4.78 is 16.6. The Kier molecular flexibility index (Phi) is 8.68. The first-order chi connectivity index (χ1) is 14.8. The van der Waals surface area contributed by atoms with Crippen molar-refractivity contribution in [1.82, 2.24) is 0 Å². The minimum Gasteiger partial charge on any atom is -0.494 e. The van der Waals surface area contributed by atoms with Gasteiger partial charge < -0.3 is 25.1 Å². The molecule has 1 saturated heterocycles. The van der Waals surface area contributed by atoms with Crippen molar-refractivity contribution in [3.63, 3.8) is 0 Å². The van der Waals surface area contributed by atoms with E-state index in [1.54, 1.807) is 24.3 Å². The van der Waals surface area contributed by atoms with Gasteiger partial charge in [-0.3, -0.25) is 15.1 Å². The molecular formula is C22H27N3O6. The Bertz CT molecular complexity index is 896. The Labute approximate surface area is 180 Å². The molecule has 1 amide bonds. The zero-order valence-corrected chi connectivity index (χ0v) is 17.5. The number of aliphatic carboxylic acids is 1. The van der Waals surface area contributed by atoms with Crippen LogP contribution >= 0.6 is 0 Å². The zero-order valence-electron chi connectivity index (χ0n) is 17.5. The number of nitrogen functional groups attached to an aromatic ring is 1. The number of carbonyl (C=O) groups is 2. The molecule has 0 aromatic heterocycles. The van der Waals surface area contributed by atoms with E-state index in [0.717, 1.165) is 19.1 Å². The van der Waals surface area contributed by atoms with Crippen molar-refractivity contribution in [2.45, 2.75) is 26.4 Å². The first kappa shape index (κ1) is 23.5. The van der Waals surface area contributed by atoms with Gasteiger partial charge in [-0.15, -0.1) is 0 Å². The van der Waals surface area contributed by atoms with Crippen molar-refractivity contribution >= 4 is 23.6 Å². The van der Waals surface area contributed by atoms with Gasteiger partial charge in [0, 0.05) is 18.2 Å². The van der Waals surface area contributed by atoms with E-state index in [9.17, 15) is 4.79 Å². The maximum atomic E-state index is 12.2. The second-order valence-electron chi connectivity index (χ2n) is 6.73. The van der Waals surface area contributed by atoms with Gasteiger partial charge in [-0.2, -0.15) is 0 Å². The fourth-order valence-corrected chi connectivity index (χ4v) is 2.70. The van der Waals surface area contributed by atoms with Crippen LogP contribution in [0.2, 0.25) is 0 Å². The number of amides is 1. The molecule has 0 bridgehead atoms. The molecule has 31 heavy (non-hydrogen) atoms. The molecule has 4 N–H and O–H groups in total. The van der Waals surface area contributed by atoms with Crippen LogP contribution < -0.4 is 20.1 Å². The molecule has 1 atom stereocenters.